The van der Waals surface area contributed by atoms with E-state index in [4.69, 9.17) is 9.47 Å². The number of carbonyl (C=O) groups is 1. The Hall–Kier alpha value is -3.19. The molecule has 0 atom stereocenters. The number of rotatable bonds is 7. The van der Waals surface area contributed by atoms with Crippen LogP contribution in [0, 0.1) is 5.82 Å². The zero-order valence-corrected chi connectivity index (χ0v) is 15.1. The van der Waals surface area contributed by atoms with E-state index in [0.29, 0.717) is 35.8 Å². The van der Waals surface area contributed by atoms with E-state index in [0.717, 1.165) is 5.56 Å². The van der Waals surface area contributed by atoms with E-state index in [9.17, 15) is 9.18 Å². The summed E-state index contributed by atoms with van der Waals surface area (Å²) in [5.74, 6) is 0.0595. The van der Waals surface area contributed by atoms with Crippen LogP contribution >= 0.6 is 0 Å². The molecule has 0 unspecified atom stereocenters. The first kappa shape index (κ1) is 18.6. The van der Waals surface area contributed by atoms with E-state index in [-0.39, 0.29) is 11.7 Å². The first-order valence-corrected chi connectivity index (χ1v) is 8.39. The Morgan fingerprint density at radius 1 is 1.19 bits per heavy atom. The zero-order valence-electron chi connectivity index (χ0n) is 15.1. The molecule has 0 fully saturated rings. The minimum absolute atomic E-state index is 0.266. The van der Waals surface area contributed by atoms with Crippen molar-refractivity contribution in [2.24, 2.45) is 0 Å². The van der Waals surface area contributed by atoms with Crippen molar-refractivity contribution in [3.63, 3.8) is 0 Å². The smallest absolute Gasteiger partial charge is 0.255 e. The van der Waals surface area contributed by atoms with Crippen molar-refractivity contribution in [1.29, 1.82) is 0 Å². The third-order valence-corrected chi connectivity index (χ3v) is 3.98. The van der Waals surface area contributed by atoms with Gasteiger partial charge in [0.15, 0.2) is 0 Å². The number of halogens is 1. The van der Waals surface area contributed by atoms with Crippen LogP contribution in [-0.2, 0) is 4.74 Å². The van der Waals surface area contributed by atoms with Crippen LogP contribution in [0.15, 0.2) is 54.7 Å². The van der Waals surface area contributed by atoms with E-state index in [2.05, 4.69) is 10.4 Å². The highest BCUT2D eigenvalue weighted by Gasteiger charge is 2.19. The van der Waals surface area contributed by atoms with Gasteiger partial charge in [0.05, 0.1) is 25.0 Å². The third-order valence-electron chi connectivity index (χ3n) is 3.98. The minimum atomic E-state index is -0.337. The van der Waals surface area contributed by atoms with Crippen molar-refractivity contribution >= 4 is 5.91 Å². The predicted octanol–water partition coefficient (Wildman–Crippen LogP) is 3.06. The SMILES string of the molecule is COCCNC(=O)c1cn(-c2ccc(F)cc2)nc1-c1cccc(OC)c1. The second kappa shape index (κ2) is 8.46. The third kappa shape index (κ3) is 4.32. The van der Waals surface area contributed by atoms with Gasteiger partial charge in [0, 0.05) is 25.4 Å². The Kier molecular flexibility index (Phi) is 5.83. The van der Waals surface area contributed by atoms with Crippen LogP contribution in [0.5, 0.6) is 5.75 Å². The summed E-state index contributed by atoms with van der Waals surface area (Å²) in [6, 6.07) is 13.2. The largest absolute Gasteiger partial charge is 0.497 e. The van der Waals surface area contributed by atoms with Crippen LogP contribution in [-0.4, -0.2) is 43.1 Å². The fraction of sp³-hybridized carbons (Fsp3) is 0.200. The number of aromatic nitrogens is 2. The summed E-state index contributed by atoms with van der Waals surface area (Å²) >= 11 is 0. The molecule has 0 aliphatic heterocycles. The molecule has 3 rings (SSSR count). The highest BCUT2D eigenvalue weighted by molar-refractivity contribution is 6.00. The Bertz CT molecular complexity index is 922. The van der Waals surface area contributed by atoms with Crippen LogP contribution in [0.25, 0.3) is 16.9 Å². The molecule has 0 spiro atoms. The number of amides is 1. The van der Waals surface area contributed by atoms with Gasteiger partial charge in [0.2, 0.25) is 0 Å². The standard InChI is InChI=1S/C20H20FN3O3/c1-26-11-10-22-20(25)18-13-24(16-8-6-15(21)7-9-16)23-19(18)14-4-3-5-17(12-14)27-2/h3-9,12-13H,10-11H2,1-2H3,(H,22,25). The van der Waals surface area contributed by atoms with Gasteiger partial charge in [-0.3, -0.25) is 4.79 Å². The topological polar surface area (TPSA) is 65.4 Å². The molecule has 0 radical (unpaired) electrons. The Balaban J connectivity index is 2.03. The van der Waals surface area contributed by atoms with Crippen LogP contribution in [0.2, 0.25) is 0 Å². The number of carbonyl (C=O) groups excluding carboxylic acids is 1. The molecule has 2 aromatic carbocycles. The highest BCUT2D eigenvalue weighted by atomic mass is 19.1. The molecule has 1 amide bonds. The van der Waals surface area contributed by atoms with Gasteiger partial charge in [-0.25, -0.2) is 9.07 Å². The van der Waals surface area contributed by atoms with Gasteiger partial charge in [-0.2, -0.15) is 5.10 Å². The average Bonchev–Trinajstić information content (AvgIpc) is 3.14. The van der Waals surface area contributed by atoms with Crippen molar-refractivity contribution < 1.29 is 18.7 Å². The quantitative estimate of drug-likeness (QED) is 0.650. The molecule has 0 saturated heterocycles. The Labute approximate surface area is 156 Å². The molecule has 27 heavy (non-hydrogen) atoms. The van der Waals surface area contributed by atoms with Crippen molar-refractivity contribution in [3.8, 4) is 22.7 Å². The fourth-order valence-corrected chi connectivity index (χ4v) is 2.61. The normalized spacial score (nSPS) is 10.6. The number of hydrogen-bond acceptors (Lipinski definition) is 4. The molecule has 140 valence electrons. The maximum atomic E-state index is 13.2. The highest BCUT2D eigenvalue weighted by Crippen LogP contribution is 2.27. The Morgan fingerprint density at radius 3 is 2.67 bits per heavy atom. The summed E-state index contributed by atoms with van der Waals surface area (Å²) in [7, 11) is 3.15. The van der Waals surface area contributed by atoms with E-state index in [1.807, 2.05) is 24.3 Å². The molecule has 0 aliphatic rings. The molecule has 1 heterocycles. The van der Waals surface area contributed by atoms with Crippen LogP contribution in [0.4, 0.5) is 4.39 Å². The molecule has 1 N–H and O–H groups in total. The lowest BCUT2D eigenvalue weighted by Crippen LogP contribution is -2.27. The van der Waals surface area contributed by atoms with Crippen LogP contribution in [0.1, 0.15) is 10.4 Å². The zero-order chi connectivity index (χ0) is 19.2. The van der Waals surface area contributed by atoms with Gasteiger partial charge < -0.3 is 14.8 Å². The molecule has 6 nitrogen and oxygen atoms in total. The van der Waals surface area contributed by atoms with E-state index >= 15 is 0 Å². The van der Waals surface area contributed by atoms with Crippen molar-refractivity contribution in [2.75, 3.05) is 27.4 Å². The molecule has 3 aromatic rings. The maximum absolute atomic E-state index is 13.2. The van der Waals surface area contributed by atoms with Crippen molar-refractivity contribution in [3.05, 3.63) is 66.1 Å². The first-order valence-electron chi connectivity index (χ1n) is 8.39. The summed E-state index contributed by atoms with van der Waals surface area (Å²) < 4.78 is 25.0. The van der Waals surface area contributed by atoms with E-state index in [1.54, 1.807) is 37.2 Å². The molecule has 7 heteroatoms. The van der Waals surface area contributed by atoms with E-state index < -0.39 is 0 Å². The molecule has 0 bridgehead atoms. The summed E-state index contributed by atoms with van der Waals surface area (Å²) in [6.45, 7) is 0.793. The molecule has 0 saturated carbocycles. The predicted molar refractivity (Wildman–Crippen MR) is 99.7 cm³/mol. The number of ether oxygens (including phenoxy) is 2. The van der Waals surface area contributed by atoms with E-state index in [1.165, 1.54) is 12.1 Å². The summed E-state index contributed by atoms with van der Waals surface area (Å²) in [5.41, 5.74) is 2.31. The van der Waals surface area contributed by atoms with Gasteiger partial charge in [-0.1, -0.05) is 12.1 Å². The lowest BCUT2D eigenvalue weighted by Gasteiger charge is -2.06. The second-order valence-corrected chi connectivity index (χ2v) is 5.79. The molecular weight excluding hydrogens is 349 g/mol. The number of nitrogens with zero attached hydrogens (tertiary/aromatic N) is 2. The monoisotopic (exact) mass is 369 g/mol. The lowest BCUT2D eigenvalue weighted by molar-refractivity contribution is 0.0937. The fourth-order valence-electron chi connectivity index (χ4n) is 2.61. The van der Waals surface area contributed by atoms with Crippen LogP contribution in [0.3, 0.4) is 0 Å². The summed E-state index contributed by atoms with van der Waals surface area (Å²) in [4.78, 5) is 12.7. The maximum Gasteiger partial charge on any atom is 0.255 e. The summed E-state index contributed by atoms with van der Waals surface area (Å²) in [6.07, 6.45) is 1.63. The molecule has 1 aromatic heterocycles. The van der Waals surface area contributed by atoms with Gasteiger partial charge in [-0.05, 0) is 36.4 Å². The van der Waals surface area contributed by atoms with Crippen molar-refractivity contribution in [1.82, 2.24) is 15.1 Å². The second-order valence-electron chi connectivity index (χ2n) is 5.79. The van der Waals surface area contributed by atoms with Crippen molar-refractivity contribution in [2.45, 2.75) is 0 Å². The average molecular weight is 369 g/mol. The van der Waals surface area contributed by atoms with Gasteiger partial charge >= 0.3 is 0 Å². The van der Waals surface area contributed by atoms with Gasteiger partial charge in [-0.15, -0.1) is 0 Å². The number of benzene rings is 2. The minimum Gasteiger partial charge on any atom is -0.497 e. The van der Waals surface area contributed by atoms with Gasteiger partial charge in [0.25, 0.3) is 5.91 Å². The van der Waals surface area contributed by atoms with Crippen LogP contribution < -0.4 is 10.1 Å². The number of hydrogen-bond donors (Lipinski definition) is 1. The van der Waals surface area contributed by atoms with Gasteiger partial charge in [0.1, 0.15) is 17.3 Å². The number of methoxy groups -OCH3 is 2. The summed E-state index contributed by atoms with van der Waals surface area (Å²) in [5, 5.41) is 7.36. The lowest BCUT2D eigenvalue weighted by atomic mass is 10.1. The molecule has 0 aliphatic carbocycles. The Morgan fingerprint density at radius 2 is 1.96 bits per heavy atom. The first-order chi connectivity index (χ1) is 13.1. The number of nitrogens with one attached hydrogen (secondary N) is 1. The molecular formula is C20H20FN3O3.